The van der Waals surface area contributed by atoms with Gasteiger partial charge in [-0.1, -0.05) is 48.0 Å². The zero-order chi connectivity index (χ0) is 24.5. The van der Waals surface area contributed by atoms with Crippen molar-refractivity contribution in [2.75, 3.05) is 32.7 Å². The number of rotatable bonds is 4. The van der Waals surface area contributed by atoms with Gasteiger partial charge >= 0.3 is 0 Å². The molecule has 35 heavy (non-hydrogen) atoms. The Morgan fingerprint density at radius 1 is 0.971 bits per heavy atom. The second-order valence-electron chi connectivity index (χ2n) is 9.84. The number of carbonyl (C=O) groups is 2. The molecular formula is C29H33N3O2S. The number of aryl methyl sites for hydroxylation is 2. The zero-order valence-electron chi connectivity index (χ0n) is 20.7. The first-order chi connectivity index (χ1) is 16.9. The first-order valence-electron chi connectivity index (χ1n) is 12.4. The van der Waals surface area contributed by atoms with Gasteiger partial charge in [0, 0.05) is 42.7 Å². The van der Waals surface area contributed by atoms with Crippen molar-refractivity contribution >= 4 is 23.2 Å². The maximum atomic E-state index is 13.5. The second-order valence-corrected chi connectivity index (χ2v) is 10.8. The van der Waals surface area contributed by atoms with Crippen molar-refractivity contribution in [2.24, 2.45) is 0 Å². The van der Waals surface area contributed by atoms with Crippen molar-refractivity contribution < 1.29 is 9.59 Å². The summed E-state index contributed by atoms with van der Waals surface area (Å²) >= 11 is 1.82. The van der Waals surface area contributed by atoms with Gasteiger partial charge in [0.15, 0.2) is 0 Å². The summed E-state index contributed by atoms with van der Waals surface area (Å²) in [4.78, 5) is 34.3. The van der Waals surface area contributed by atoms with E-state index in [0.717, 1.165) is 24.1 Å². The number of amides is 2. The smallest absolute Gasteiger partial charge is 0.254 e. The number of benzene rings is 2. The number of hydrogen-bond acceptors (Lipinski definition) is 4. The number of nitrogens with zero attached hydrogens (tertiary/aromatic N) is 3. The lowest BCUT2D eigenvalue weighted by atomic mass is 9.92. The molecule has 0 spiro atoms. The highest BCUT2D eigenvalue weighted by atomic mass is 32.1. The SMILES string of the molecule is Cc1ccc(C2c3ccsc3CCN2CC(=O)N2CCN(C(=O)c3ccccc3C)C(C)C2)cc1. The molecule has 3 heterocycles. The number of carbonyl (C=O) groups excluding carboxylic acids is 2. The summed E-state index contributed by atoms with van der Waals surface area (Å²) in [5.74, 6) is 0.207. The van der Waals surface area contributed by atoms with Crippen LogP contribution in [0, 0.1) is 13.8 Å². The Bertz CT molecular complexity index is 1220. The summed E-state index contributed by atoms with van der Waals surface area (Å²) in [6, 6.07) is 18.7. The molecule has 2 amide bonds. The fraction of sp³-hybridized carbons (Fsp3) is 0.379. The van der Waals surface area contributed by atoms with Gasteiger partial charge < -0.3 is 9.80 Å². The second kappa shape index (κ2) is 9.96. The molecule has 2 unspecified atom stereocenters. The van der Waals surface area contributed by atoms with Crippen molar-refractivity contribution in [3.05, 3.63) is 92.7 Å². The van der Waals surface area contributed by atoms with E-state index in [1.807, 2.05) is 59.2 Å². The van der Waals surface area contributed by atoms with Crippen LogP contribution in [0.4, 0.5) is 0 Å². The molecule has 6 heteroatoms. The molecule has 0 radical (unpaired) electrons. The van der Waals surface area contributed by atoms with Crippen LogP contribution in [0.5, 0.6) is 0 Å². The lowest BCUT2D eigenvalue weighted by molar-refractivity contribution is -0.135. The maximum Gasteiger partial charge on any atom is 0.254 e. The van der Waals surface area contributed by atoms with Crippen LogP contribution in [0.2, 0.25) is 0 Å². The van der Waals surface area contributed by atoms with Gasteiger partial charge in [0.05, 0.1) is 12.6 Å². The third-order valence-corrected chi connectivity index (χ3v) is 8.41. The van der Waals surface area contributed by atoms with Crippen molar-refractivity contribution in [1.82, 2.24) is 14.7 Å². The maximum absolute atomic E-state index is 13.5. The average Bonchev–Trinajstić information content (AvgIpc) is 3.33. The molecule has 2 aliphatic heterocycles. The highest BCUT2D eigenvalue weighted by Crippen LogP contribution is 2.37. The standard InChI is InChI=1S/C29H33N3O2S/c1-20-8-10-23(11-9-20)28-25-13-17-35-26(25)12-14-31(28)19-27(33)30-15-16-32(22(3)18-30)29(34)24-7-5-4-6-21(24)2/h4-11,13,17,22,28H,12,14-16,18-19H2,1-3H3. The lowest BCUT2D eigenvalue weighted by Gasteiger charge is -2.42. The largest absolute Gasteiger partial charge is 0.338 e. The van der Waals surface area contributed by atoms with Gasteiger partial charge in [-0.3, -0.25) is 14.5 Å². The molecule has 1 fully saturated rings. The molecule has 1 aromatic heterocycles. The van der Waals surface area contributed by atoms with Crippen LogP contribution in [-0.2, 0) is 11.2 Å². The molecule has 0 aliphatic carbocycles. The van der Waals surface area contributed by atoms with Crippen LogP contribution < -0.4 is 0 Å². The minimum atomic E-state index is -0.0162. The summed E-state index contributed by atoms with van der Waals surface area (Å²) in [5.41, 5.74) is 5.55. The molecule has 0 saturated carbocycles. The van der Waals surface area contributed by atoms with E-state index in [1.165, 1.54) is 21.6 Å². The monoisotopic (exact) mass is 487 g/mol. The van der Waals surface area contributed by atoms with E-state index >= 15 is 0 Å². The molecular weight excluding hydrogens is 454 g/mol. The summed E-state index contributed by atoms with van der Waals surface area (Å²) in [5, 5.41) is 2.17. The summed E-state index contributed by atoms with van der Waals surface area (Å²) in [6.07, 6.45) is 0.984. The summed E-state index contributed by atoms with van der Waals surface area (Å²) in [6.45, 7) is 9.10. The first kappa shape index (κ1) is 23.8. The molecule has 0 N–H and O–H groups in total. The Labute approximate surface area is 212 Å². The van der Waals surface area contributed by atoms with Crippen molar-refractivity contribution in [1.29, 1.82) is 0 Å². The van der Waals surface area contributed by atoms with Crippen LogP contribution in [0.25, 0.3) is 0 Å². The molecule has 0 bridgehead atoms. The van der Waals surface area contributed by atoms with Gasteiger partial charge in [0.2, 0.25) is 5.91 Å². The Balaban J connectivity index is 1.28. The molecule has 3 aromatic rings. The van der Waals surface area contributed by atoms with E-state index in [9.17, 15) is 9.59 Å². The number of fused-ring (bicyclic) bond motifs is 1. The third-order valence-electron chi connectivity index (χ3n) is 7.41. The van der Waals surface area contributed by atoms with Crippen LogP contribution >= 0.6 is 11.3 Å². The van der Waals surface area contributed by atoms with Crippen LogP contribution in [0.3, 0.4) is 0 Å². The molecule has 2 aliphatic rings. The number of hydrogen-bond donors (Lipinski definition) is 0. The molecule has 2 aromatic carbocycles. The molecule has 2 atom stereocenters. The predicted octanol–water partition coefficient (Wildman–Crippen LogP) is 4.69. The van der Waals surface area contributed by atoms with Gasteiger partial charge in [0.25, 0.3) is 5.91 Å². The van der Waals surface area contributed by atoms with Crippen molar-refractivity contribution in [3.8, 4) is 0 Å². The minimum Gasteiger partial charge on any atom is -0.338 e. The molecule has 5 rings (SSSR count). The molecule has 5 nitrogen and oxygen atoms in total. The minimum absolute atomic E-state index is 0.0162. The van der Waals surface area contributed by atoms with Gasteiger partial charge in [-0.25, -0.2) is 0 Å². The Hall–Kier alpha value is -2.96. The van der Waals surface area contributed by atoms with E-state index in [1.54, 1.807) is 0 Å². The van der Waals surface area contributed by atoms with E-state index in [2.05, 4.69) is 47.5 Å². The average molecular weight is 488 g/mol. The van der Waals surface area contributed by atoms with E-state index < -0.39 is 0 Å². The highest BCUT2D eigenvalue weighted by molar-refractivity contribution is 7.10. The molecule has 1 saturated heterocycles. The predicted molar refractivity (Wildman–Crippen MR) is 141 cm³/mol. The topological polar surface area (TPSA) is 43.9 Å². The Morgan fingerprint density at radius 3 is 2.49 bits per heavy atom. The van der Waals surface area contributed by atoms with Gasteiger partial charge in [-0.05, 0) is 61.4 Å². The van der Waals surface area contributed by atoms with E-state index in [0.29, 0.717) is 26.2 Å². The third kappa shape index (κ3) is 4.78. The van der Waals surface area contributed by atoms with Crippen LogP contribution in [-0.4, -0.2) is 65.3 Å². The lowest BCUT2D eigenvalue weighted by Crippen LogP contribution is -2.57. The quantitative estimate of drug-likeness (QED) is 0.537. The normalized spacial score (nSPS) is 20.5. The summed E-state index contributed by atoms with van der Waals surface area (Å²) < 4.78 is 0. The van der Waals surface area contributed by atoms with Gasteiger partial charge in [-0.2, -0.15) is 0 Å². The van der Waals surface area contributed by atoms with Crippen LogP contribution in [0.15, 0.2) is 60.0 Å². The Kier molecular flexibility index (Phi) is 6.76. The zero-order valence-corrected chi connectivity index (χ0v) is 21.6. The summed E-state index contributed by atoms with van der Waals surface area (Å²) in [7, 11) is 0. The molecule has 182 valence electrons. The Morgan fingerprint density at radius 2 is 1.74 bits per heavy atom. The van der Waals surface area contributed by atoms with Crippen molar-refractivity contribution in [3.63, 3.8) is 0 Å². The number of piperazine rings is 1. The fourth-order valence-corrected chi connectivity index (χ4v) is 6.31. The first-order valence-corrected chi connectivity index (χ1v) is 13.3. The highest BCUT2D eigenvalue weighted by Gasteiger charge is 2.34. The van der Waals surface area contributed by atoms with Crippen molar-refractivity contribution in [2.45, 2.75) is 39.3 Å². The fourth-order valence-electron chi connectivity index (χ4n) is 5.40. The van der Waals surface area contributed by atoms with Crippen LogP contribution in [0.1, 0.15) is 50.5 Å². The van der Waals surface area contributed by atoms with E-state index in [4.69, 9.17) is 0 Å². The van der Waals surface area contributed by atoms with Gasteiger partial charge in [-0.15, -0.1) is 11.3 Å². The van der Waals surface area contributed by atoms with Gasteiger partial charge in [0.1, 0.15) is 0 Å². The van der Waals surface area contributed by atoms with E-state index in [-0.39, 0.29) is 23.9 Å². The number of thiophene rings is 1.